The fraction of sp³-hybridized carbons (Fsp3) is 0.333. The molecule has 150 valence electrons. The number of aromatic nitrogens is 4. The zero-order valence-electron chi connectivity index (χ0n) is 16.9. The number of methoxy groups -OCH3 is 1. The summed E-state index contributed by atoms with van der Waals surface area (Å²) >= 11 is 1.35. The highest BCUT2D eigenvalue weighted by Crippen LogP contribution is 2.35. The van der Waals surface area contributed by atoms with Crippen LogP contribution in [-0.4, -0.2) is 44.5 Å². The third kappa shape index (κ3) is 3.60. The summed E-state index contributed by atoms with van der Waals surface area (Å²) in [5.74, 6) is 0.726. The van der Waals surface area contributed by atoms with Crippen molar-refractivity contribution in [3.05, 3.63) is 53.6 Å². The van der Waals surface area contributed by atoms with Gasteiger partial charge in [-0.05, 0) is 66.9 Å². The molecule has 2 aromatic carbocycles. The summed E-state index contributed by atoms with van der Waals surface area (Å²) in [6.45, 7) is 5.97. The Balaban J connectivity index is 1.59. The van der Waals surface area contributed by atoms with Crippen molar-refractivity contribution in [1.29, 1.82) is 0 Å². The summed E-state index contributed by atoms with van der Waals surface area (Å²) in [6, 6.07) is 14.0. The normalized spacial score (nSPS) is 16.6. The van der Waals surface area contributed by atoms with Crippen molar-refractivity contribution in [3.63, 3.8) is 0 Å². The smallest absolute Gasteiger partial charge is 0.240 e. The van der Waals surface area contributed by atoms with E-state index in [-0.39, 0.29) is 17.2 Å². The van der Waals surface area contributed by atoms with Gasteiger partial charge in [0, 0.05) is 11.7 Å². The first kappa shape index (κ1) is 19.4. The number of nitrogens with zero attached hydrogens (tertiary/aromatic N) is 5. The second kappa shape index (κ2) is 7.87. The summed E-state index contributed by atoms with van der Waals surface area (Å²) in [4.78, 5) is 15.2. The summed E-state index contributed by atoms with van der Waals surface area (Å²) < 4.78 is 7.09. The molecule has 2 heterocycles. The van der Waals surface area contributed by atoms with Crippen molar-refractivity contribution in [3.8, 4) is 11.4 Å². The van der Waals surface area contributed by atoms with E-state index in [0.29, 0.717) is 10.9 Å². The topological polar surface area (TPSA) is 73.1 Å². The molecule has 1 aliphatic rings. The molecule has 4 rings (SSSR count). The molecule has 0 radical (unpaired) electrons. The van der Waals surface area contributed by atoms with E-state index in [1.54, 1.807) is 11.8 Å². The highest BCUT2D eigenvalue weighted by molar-refractivity contribution is 8.00. The molecule has 7 nitrogen and oxygen atoms in total. The summed E-state index contributed by atoms with van der Waals surface area (Å²) in [6.07, 6.45) is 0.873. The van der Waals surface area contributed by atoms with Crippen molar-refractivity contribution in [2.75, 3.05) is 12.0 Å². The summed E-state index contributed by atoms with van der Waals surface area (Å²) in [7, 11) is 1.61. The lowest BCUT2D eigenvalue weighted by atomic mass is 10.1. The average Bonchev–Trinajstić information content (AvgIpc) is 3.30. The number of hydrogen-bond donors (Lipinski definition) is 0. The van der Waals surface area contributed by atoms with Crippen LogP contribution < -0.4 is 9.64 Å². The van der Waals surface area contributed by atoms with Gasteiger partial charge in [0.25, 0.3) is 0 Å². The van der Waals surface area contributed by atoms with Crippen molar-refractivity contribution in [1.82, 2.24) is 20.2 Å². The minimum atomic E-state index is -0.343. The molecule has 0 bridgehead atoms. The van der Waals surface area contributed by atoms with Gasteiger partial charge >= 0.3 is 0 Å². The number of aryl methyl sites for hydroxylation is 1. The number of amides is 1. The number of hydrogen-bond acceptors (Lipinski definition) is 6. The van der Waals surface area contributed by atoms with Crippen LogP contribution in [0.15, 0.2) is 47.6 Å². The second-order valence-electron chi connectivity index (χ2n) is 7.20. The summed E-state index contributed by atoms with van der Waals surface area (Å²) in [5.41, 5.74) is 4.02. The highest BCUT2D eigenvalue weighted by Gasteiger charge is 2.34. The van der Waals surface area contributed by atoms with E-state index in [9.17, 15) is 4.79 Å². The number of rotatable bonds is 5. The van der Waals surface area contributed by atoms with Gasteiger partial charge in [0.15, 0.2) is 0 Å². The van der Waals surface area contributed by atoms with Gasteiger partial charge < -0.3 is 9.64 Å². The second-order valence-corrected chi connectivity index (χ2v) is 8.51. The van der Waals surface area contributed by atoms with E-state index < -0.39 is 0 Å². The molecule has 0 saturated carbocycles. The third-order valence-corrected chi connectivity index (χ3v) is 6.10. The van der Waals surface area contributed by atoms with E-state index in [4.69, 9.17) is 4.74 Å². The predicted octanol–water partition coefficient (Wildman–Crippen LogP) is 3.44. The molecule has 0 saturated heterocycles. The SMILES string of the molecule is COc1ccc(C)cc1-n1nnnc1S[C@H](C)C(=O)N1c2ccccc2C[C@H]1C. The zero-order chi connectivity index (χ0) is 20.5. The van der Waals surface area contributed by atoms with Crippen molar-refractivity contribution >= 4 is 23.4 Å². The number of para-hydroxylation sites is 1. The van der Waals surface area contributed by atoms with Gasteiger partial charge in [0.2, 0.25) is 11.1 Å². The zero-order valence-corrected chi connectivity index (χ0v) is 17.7. The maximum atomic E-state index is 13.3. The number of carbonyl (C=O) groups is 1. The maximum absolute atomic E-state index is 13.3. The van der Waals surface area contributed by atoms with Crippen LogP contribution in [0.1, 0.15) is 25.0 Å². The molecule has 1 aromatic heterocycles. The predicted molar refractivity (Wildman–Crippen MR) is 113 cm³/mol. The van der Waals surface area contributed by atoms with Crippen LogP contribution in [0, 0.1) is 6.92 Å². The van der Waals surface area contributed by atoms with Gasteiger partial charge in [0.1, 0.15) is 11.4 Å². The molecule has 0 aliphatic carbocycles. The molecule has 3 aromatic rings. The number of benzene rings is 2. The number of thioether (sulfide) groups is 1. The monoisotopic (exact) mass is 409 g/mol. The highest BCUT2D eigenvalue weighted by atomic mass is 32.2. The molecule has 0 unspecified atom stereocenters. The Hall–Kier alpha value is -2.87. The minimum absolute atomic E-state index is 0.0539. The Morgan fingerprint density at radius 2 is 2.03 bits per heavy atom. The van der Waals surface area contributed by atoms with Gasteiger partial charge in [-0.3, -0.25) is 4.79 Å². The van der Waals surface area contributed by atoms with Crippen LogP contribution in [0.4, 0.5) is 5.69 Å². The molecule has 2 atom stereocenters. The molecule has 8 heteroatoms. The first-order chi connectivity index (χ1) is 14.0. The molecule has 0 fully saturated rings. The van der Waals surface area contributed by atoms with Gasteiger partial charge in [0.05, 0.1) is 12.4 Å². The third-order valence-electron chi connectivity index (χ3n) is 5.08. The van der Waals surface area contributed by atoms with Crippen LogP contribution in [-0.2, 0) is 11.2 Å². The Kier molecular flexibility index (Phi) is 5.27. The maximum Gasteiger partial charge on any atom is 0.240 e. The van der Waals surface area contributed by atoms with E-state index in [2.05, 4.69) is 28.5 Å². The molecule has 1 aliphatic heterocycles. The number of fused-ring (bicyclic) bond motifs is 1. The van der Waals surface area contributed by atoms with E-state index in [1.165, 1.54) is 17.3 Å². The quantitative estimate of drug-likeness (QED) is 0.601. The van der Waals surface area contributed by atoms with Crippen molar-refractivity contribution in [2.24, 2.45) is 0 Å². The van der Waals surface area contributed by atoms with Crippen molar-refractivity contribution < 1.29 is 9.53 Å². The molecule has 0 spiro atoms. The van der Waals surface area contributed by atoms with Crippen molar-refractivity contribution in [2.45, 2.75) is 43.6 Å². The van der Waals surface area contributed by atoms with E-state index in [1.807, 2.05) is 55.1 Å². The Morgan fingerprint density at radius 3 is 2.83 bits per heavy atom. The number of anilines is 1. The molecular weight excluding hydrogens is 386 g/mol. The first-order valence-electron chi connectivity index (χ1n) is 9.50. The number of tetrazole rings is 1. The fourth-order valence-corrected chi connectivity index (χ4v) is 4.52. The van der Waals surface area contributed by atoms with Gasteiger partial charge in [-0.2, -0.15) is 4.68 Å². The van der Waals surface area contributed by atoms with E-state index in [0.717, 1.165) is 23.4 Å². The Morgan fingerprint density at radius 1 is 1.24 bits per heavy atom. The van der Waals surface area contributed by atoms with E-state index >= 15 is 0 Å². The Labute approximate surface area is 174 Å². The number of carbonyl (C=O) groups excluding carboxylic acids is 1. The standard InChI is InChI=1S/C21H23N5O2S/c1-13-9-10-19(28-4)18(11-13)26-21(22-23-24-26)29-15(3)20(27)25-14(2)12-16-7-5-6-8-17(16)25/h5-11,14-15H,12H2,1-4H3/t14-,15-/m1/s1. The molecule has 29 heavy (non-hydrogen) atoms. The number of ether oxygens (including phenoxy) is 1. The van der Waals surface area contributed by atoms with Gasteiger partial charge in [-0.1, -0.05) is 36.0 Å². The molecule has 1 amide bonds. The van der Waals surface area contributed by atoms with Crippen LogP contribution in [0.5, 0.6) is 5.75 Å². The van der Waals surface area contributed by atoms with Gasteiger partial charge in [-0.15, -0.1) is 5.10 Å². The van der Waals surface area contributed by atoms with Crippen LogP contribution in [0.25, 0.3) is 5.69 Å². The lowest BCUT2D eigenvalue weighted by Gasteiger charge is -2.25. The largest absolute Gasteiger partial charge is 0.494 e. The van der Waals surface area contributed by atoms with Crippen LogP contribution >= 0.6 is 11.8 Å². The Bertz CT molecular complexity index is 1050. The lowest BCUT2D eigenvalue weighted by Crippen LogP contribution is -2.40. The van der Waals surface area contributed by atoms with Crippen LogP contribution in [0.2, 0.25) is 0 Å². The van der Waals surface area contributed by atoms with Gasteiger partial charge in [-0.25, -0.2) is 0 Å². The molecular formula is C21H23N5O2S. The fourth-order valence-electron chi connectivity index (χ4n) is 3.67. The molecule has 0 N–H and O–H groups in total. The minimum Gasteiger partial charge on any atom is -0.494 e. The van der Waals surface area contributed by atoms with Crippen LogP contribution in [0.3, 0.4) is 0 Å². The first-order valence-corrected chi connectivity index (χ1v) is 10.4. The average molecular weight is 410 g/mol. The lowest BCUT2D eigenvalue weighted by molar-refractivity contribution is -0.118. The summed E-state index contributed by atoms with van der Waals surface area (Å²) in [5, 5.41) is 12.3.